The molecular formula is C18H23FN4O2S. The molecule has 8 heteroatoms. The summed E-state index contributed by atoms with van der Waals surface area (Å²) in [7, 11) is 0. The van der Waals surface area contributed by atoms with E-state index in [0.29, 0.717) is 13.0 Å². The summed E-state index contributed by atoms with van der Waals surface area (Å²) in [5.41, 5.74) is 0.776. The SMILES string of the molecule is CCCC(NC(=O)NCc1ccc(F)cc1)C(=O)NCc1cnc(C)s1. The highest BCUT2D eigenvalue weighted by Gasteiger charge is 2.19. The fraction of sp³-hybridized carbons (Fsp3) is 0.389. The molecular weight excluding hydrogens is 355 g/mol. The van der Waals surface area contributed by atoms with Crippen LogP contribution in [0, 0.1) is 12.7 Å². The van der Waals surface area contributed by atoms with Crippen LogP contribution in [0.5, 0.6) is 0 Å². The maximum Gasteiger partial charge on any atom is 0.315 e. The lowest BCUT2D eigenvalue weighted by Crippen LogP contribution is -2.49. The number of carbonyl (C=O) groups is 2. The Balaban J connectivity index is 1.82. The van der Waals surface area contributed by atoms with Crippen LogP contribution < -0.4 is 16.0 Å². The summed E-state index contributed by atoms with van der Waals surface area (Å²) in [6, 6.07) is 4.83. The molecule has 0 fully saturated rings. The van der Waals surface area contributed by atoms with Gasteiger partial charge >= 0.3 is 6.03 Å². The number of urea groups is 1. The van der Waals surface area contributed by atoms with Crippen molar-refractivity contribution in [2.75, 3.05) is 0 Å². The van der Waals surface area contributed by atoms with Crippen LogP contribution in [0.4, 0.5) is 9.18 Å². The quantitative estimate of drug-likeness (QED) is 0.660. The van der Waals surface area contributed by atoms with Gasteiger partial charge < -0.3 is 16.0 Å². The van der Waals surface area contributed by atoms with Crippen LogP contribution in [0.1, 0.15) is 35.2 Å². The Kier molecular flexibility index (Phi) is 7.53. The minimum atomic E-state index is -0.609. The normalized spacial score (nSPS) is 11.7. The molecule has 1 aromatic heterocycles. The maximum atomic E-state index is 12.9. The predicted octanol–water partition coefficient (Wildman–Crippen LogP) is 2.87. The van der Waals surface area contributed by atoms with Crippen molar-refractivity contribution in [1.82, 2.24) is 20.9 Å². The Morgan fingerprint density at radius 2 is 1.92 bits per heavy atom. The average molecular weight is 378 g/mol. The molecule has 0 aliphatic heterocycles. The number of amides is 3. The molecule has 6 nitrogen and oxygen atoms in total. The zero-order valence-corrected chi connectivity index (χ0v) is 15.7. The van der Waals surface area contributed by atoms with E-state index in [2.05, 4.69) is 20.9 Å². The van der Waals surface area contributed by atoms with E-state index in [-0.39, 0.29) is 18.3 Å². The maximum absolute atomic E-state index is 12.9. The summed E-state index contributed by atoms with van der Waals surface area (Å²) in [5.74, 6) is -0.552. The zero-order valence-electron chi connectivity index (χ0n) is 14.8. The molecule has 0 spiro atoms. The standard InChI is InChI=1S/C18H23FN4O2S/c1-3-4-16(17(24)21-11-15-10-20-12(2)26-15)23-18(25)22-9-13-5-7-14(19)8-6-13/h5-8,10,16H,3-4,9,11H2,1-2H3,(H,21,24)(H2,22,23,25). The molecule has 1 unspecified atom stereocenters. The number of nitrogens with zero attached hydrogens (tertiary/aromatic N) is 1. The van der Waals surface area contributed by atoms with Crippen LogP contribution in [0.3, 0.4) is 0 Å². The van der Waals surface area contributed by atoms with Gasteiger partial charge in [0.1, 0.15) is 11.9 Å². The highest BCUT2D eigenvalue weighted by molar-refractivity contribution is 7.11. The van der Waals surface area contributed by atoms with Crippen molar-refractivity contribution in [2.45, 2.75) is 45.8 Å². The van der Waals surface area contributed by atoms with Crippen LogP contribution in [0.25, 0.3) is 0 Å². The third-order valence-corrected chi connectivity index (χ3v) is 4.58. The van der Waals surface area contributed by atoms with Crippen LogP contribution >= 0.6 is 11.3 Å². The molecule has 140 valence electrons. The monoisotopic (exact) mass is 378 g/mol. The van der Waals surface area contributed by atoms with Crippen molar-refractivity contribution in [3.05, 3.63) is 51.7 Å². The number of hydrogen-bond acceptors (Lipinski definition) is 4. The lowest BCUT2D eigenvalue weighted by molar-refractivity contribution is -0.123. The Hall–Kier alpha value is -2.48. The highest BCUT2D eigenvalue weighted by Crippen LogP contribution is 2.11. The first-order chi connectivity index (χ1) is 12.5. The summed E-state index contributed by atoms with van der Waals surface area (Å²) in [5, 5.41) is 9.14. The highest BCUT2D eigenvalue weighted by atomic mass is 32.1. The molecule has 0 aliphatic carbocycles. The van der Waals surface area contributed by atoms with E-state index < -0.39 is 12.1 Å². The zero-order chi connectivity index (χ0) is 18.9. The fourth-order valence-corrected chi connectivity index (χ4v) is 3.07. The Labute approximate surface area is 156 Å². The van der Waals surface area contributed by atoms with E-state index in [1.165, 1.54) is 23.5 Å². The second kappa shape index (κ2) is 9.86. The molecule has 1 heterocycles. The van der Waals surface area contributed by atoms with E-state index in [9.17, 15) is 14.0 Å². The molecule has 26 heavy (non-hydrogen) atoms. The Bertz CT molecular complexity index is 733. The van der Waals surface area contributed by atoms with Gasteiger partial charge in [-0.2, -0.15) is 0 Å². The molecule has 0 aliphatic rings. The lowest BCUT2D eigenvalue weighted by atomic mass is 10.1. The smallest absolute Gasteiger partial charge is 0.315 e. The first-order valence-electron chi connectivity index (χ1n) is 8.45. The van der Waals surface area contributed by atoms with Gasteiger partial charge in [0, 0.05) is 17.6 Å². The summed E-state index contributed by atoms with van der Waals surface area (Å²) in [6.45, 7) is 4.50. The third-order valence-electron chi connectivity index (χ3n) is 3.67. The van der Waals surface area contributed by atoms with Gasteiger partial charge in [0.2, 0.25) is 5.91 Å². The van der Waals surface area contributed by atoms with Crippen molar-refractivity contribution in [2.24, 2.45) is 0 Å². The molecule has 1 aromatic carbocycles. The van der Waals surface area contributed by atoms with Gasteiger partial charge in [0.15, 0.2) is 0 Å². The summed E-state index contributed by atoms with van der Waals surface area (Å²) < 4.78 is 12.9. The van der Waals surface area contributed by atoms with E-state index in [1.807, 2.05) is 13.8 Å². The minimum absolute atomic E-state index is 0.227. The molecule has 1 atom stereocenters. The summed E-state index contributed by atoms with van der Waals surface area (Å²) in [6.07, 6.45) is 3.03. The van der Waals surface area contributed by atoms with Crippen molar-refractivity contribution in [3.63, 3.8) is 0 Å². The molecule has 0 bridgehead atoms. The Morgan fingerprint density at radius 1 is 1.19 bits per heavy atom. The second-order valence-electron chi connectivity index (χ2n) is 5.86. The number of rotatable bonds is 8. The van der Waals surface area contributed by atoms with Gasteiger partial charge in [0.05, 0.1) is 11.6 Å². The molecule has 3 amide bonds. The lowest BCUT2D eigenvalue weighted by Gasteiger charge is -2.18. The van der Waals surface area contributed by atoms with Gasteiger partial charge in [-0.1, -0.05) is 25.5 Å². The van der Waals surface area contributed by atoms with Gasteiger partial charge in [0.25, 0.3) is 0 Å². The Morgan fingerprint density at radius 3 is 2.54 bits per heavy atom. The number of carbonyl (C=O) groups excluding carboxylic acids is 2. The fourth-order valence-electron chi connectivity index (χ4n) is 2.34. The van der Waals surface area contributed by atoms with E-state index >= 15 is 0 Å². The van der Waals surface area contributed by atoms with Crippen molar-refractivity contribution < 1.29 is 14.0 Å². The largest absolute Gasteiger partial charge is 0.349 e. The number of aryl methyl sites for hydroxylation is 1. The number of halogens is 1. The van der Waals surface area contributed by atoms with Crippen LogP contribution in [0.15, 0.2) is 30.5 Å². The minimum Gasteiger partial charge on any atom is -0.349 e. The predicted molar refractivity (Wildman–Crippen MR) is 99.2 cm³/mol. The molecule has 2 aromatic rings. The third kappa shape index (κ3) is 6.44. The number of hydrogen-bond donors (Lipinski definition) is 3. The van der Waals surface area contributed by atoms with Crippen molar-refractivity contribution in [1.29, 1.82) is 0 Å². The molecule has 0 radical (unpaired) electrons. The average Bonchev–Trinajstić information content (AvgIpc) is 3.04. The number of nitrogens with one attached hydrogen (secondary N) is 3. The van der Waals surface area contributed by atoms with E-state index in [4.69, 9.17) is 0 Å². The van der Waals surface area contributed by atoms with Gasteiger partial charge in [-0.05, 0) is 31.0 Å². The van der Waals surface area contributed by atoms with Crippen LogP contribution in [0.2, 0.25) is 0 Å². The van der Waals surface area contributed by atoms with Gasteiger partial charge in [-0.15, -0.1) is 11.3 Å². The first-order valence-corrected chi connectivity index (χ1v) is 9.27. The van der Waals surface area contributed by atoms with Crippen molar-refractivity contribution >= 4 is 23.3 Å². The summed E-state index contributed by atoms with van der Waals surface area (Å²) in [4.78, 5) is 29.5. The van der Waals surface area contributed by atoms with Crippen LogP contribution in [-0.2, 0) is 17.9 Å². The second-order valence-corrected chi connectivity index (χ2v) is 7.18. The molecule has 0 saturated carbocycles. The van der Waals surface area contributed by atoms with E-state index in [0.717, 1.165) is 21.9 Å². The molecule has 0 saturated heterocycles. The number of thiazole rings is 1. The molecule has 2 rings (SSSR count). The van der Waals surface area contributed by atoms with E-state index in [1.54, 1.807) is 18.3 Å². The van der Waals surface area contributed by atoms with Gasteiger partial charge in [-0.25, -0.2) is 14.2 Å². The molecule has 3 N–H and O–H groups in total. The van der Waals surface area contributed by atoms with Crippen LogP contribution in [-0.4, -0.2) is 23.0 Å². The van der Waals surface area contributed by atoms with Gasteiger partial charge in [-0.3, -0.25) is 4.79 Å². The van der Waals surface area contributed by atoms with Crippen molar-refractivity contribution in [3.8, 4) is 0 Å². The number of benzene rings is 1. The summed E-state index contributed by atoms with van der Waals surface area (Å²) >= 11 is 1.52. The first kappa shape index (κ1) is 19.8. The number of aromatic nitrogens is 1. The topological polar surface area (TPSA) is 83.1 Å².